The zero-order chi connectivity index (χ0) is 19.2. The van der Waals surface area contributed by atoms with Gasteiger partial charge < -0.3 is 9.88 Å². The lowest BCUT2D eigenvalue weighted by molar-refractivity contribution is -0.106. The molecule has 1 aliphatic rings. The summed E-state index contributed by atoms with van der Waals surface area (Å²) in [5.74, 6) is -1.88. The Balaban J connectivity index is 1.60. The molecule has 1 saturated heterocycles. The lowest BCUT2D eigenvalue weighted by Gasteiger charge is -2.20. The number of hydrogen-bond donors (Lipinski definition) is 2. The lowest BCUT2D eigenvalue weighted by Crippen LogP contribution is -2.41. The van der Waals surface area contributed by atoms with Gasteiger partial charge in [0.2, 0.25) is 10.0 Å². The number of nitrogens with one attached hydrogen (secondary N) is 2. The van der Waals surface area contributed by atoms with Crippen molar-refractivity contribution in [3.63, 3.8) is 0 Å². The number of pyridine rings is 1. The molecule has 0 saturated carbocycles. The van der Waals surface area contributed by atoms with Crippen molar-refractivity contribution in [2.45, 2.75) is 18.6 Å². The molecule has 0 bridgehead atoms. The molecule has 8 nitrogen and oxygen atoms in total. The monoisotopic (exact) mass is 400 g/mol. The number of aromatic nitrogens is 4. The zero-order valence-corrected chi connectivity index (χ0v) is 14.7. The van der Waals surface area contributed by atoms with Crippen molar-refractivity contribution in [2.24, 2.45) is 0 Å². The van der Waals surface area contributed by atoms with Gasteiger partial charge in [-0.2, -0.15) is 18.3 Å². The fourth-order valence-corrected chi connectivity index (χ4v) is 4.59. The van der Waals surface area contributed by atoms with Gasteiger partial charge in [0.15, 0.2) is 5.75 Å². The Bertz CT molecular complexity index is 1100. The Kier molecular flexibility index (Phi) is 4.18. The maximum atomic E-state index is 12.4. The van der Waals surface area contributed by atoms with E-state index in [4.69, 9.17) is 0 Å². The number of sulfonamides is 1. The highest BCUT2D eigenvalue weighted by Gasteiger charge is 2.37. The Morgan fingerprint density at radius 3 is 2.93 bits per heavy atom. The highest BCUT2D eigenvalue weighted by Crippen LogP contribution is 2.32. The first-order valence-electron chi connectivity index (χ1n) is 8.11. The molecule has 1 atom stereocenters. The molecule has 4 heterocycles. The van der Waals surface area contributed by atoms with Crippen molar-refractivity contribution >= 4 is 37.6 Å². The summed E-state index contributed by atoms with van der Waals surface area (Å²) in [6.07, 6.45) is 0.523. The number of anilines is 1. The number of aromatic amines is 1. The van der Waals surface area contributed by atoms with Crippen LogP contribution in [0, 0.1) is 0 Å². The van der Waals surface area contributed by atoms with Crippen molar-refractivity contribution in [2.75, 3.05) is 23.7 Å². The lowest BCUT2D eigenvalue weighted by atomic mass is 10.1. The second-order valence-corrected chi connectivity index (χ2v) is 8.17. The first kappa shape index (κ1) is 17.9. The van der Waals surface area contributed by atoms with Crippen LogP contribution in [0.3, 0.4) is 0 Å². The molecule has 0 radical (unpaired) electrons. The van der Waals surface area contributed by atoms with Crippen molar-refractivity contribution in [3.8, 4) is 0 Å². The molecule has 144 valence electrons. The SMILES string of the molecule is O=S(=O)(CC(F)(F)F)NC1CCN(c2cnnc3cnc4[nH]ccc4c23)C1. The Hall–Kier alpha value is -2.47. The van der Waals surface area contributed by atoms with E-state index in [1.165, 1.54) is 0 Å². The molecule has 12 heteroatoms. The van der Waals surface area contributed by atoms with Crippen LogP contribution < -0.4 is 9.62 Å². The summed E-state index contributed by atoms with van der Waals surface area (Å²) >= 11 is 0. The van der Waals surface area contributed by atoms with Crippen LogP contribution in [0.1, 0.15) is 6.42 Å². The van der Waals surface area contributed by atoms with Gasteiger partial charge in [0, 0.05) is 36.1 Å². The van der Waals surface area contributed by atoms with Crippen molar-refractivity contribution in [1.29, 1.82) is 0 Å². The molecule has 4 rings (SSSR count). The predicted octanol–water partition coefficient (Wildman–Crippen LogP) is 1.57. The topological polar surface area (TPSA) is 104 Å². The van der Waals surface area contributed by atoms with Crippen LogP contribution in [0.2, 0.25) is 0 Å². The van der Waals surface area contributed by atoms with Crippen LogP contribution in [-0.2, 0) is 10.0 Å². The van der Waals surface area contributed by atoms with Gasteiger partial charge in [0.05, 0.1) is 18.1 Å². The third kappa shape index (κ3) is 3.67. The van der Waals surface area contributed by atoms with Crippen molar-refractivity contribution < 1.29 is 21.6 Å². The standard InChI is InChI=1S/C15H15F3N6O2S/c16-15(17,18)8-27(25,26)23-9-2-4-24(7-9)12-6-21-22-11-5-20-14-10(13(11)12)1-3-19-14/h1,3,5-6,9,23H,2,4,7-8H2,(H,19,20). The minimum Gasteiger partial charge on any atom is -0.368 e. The van der Waals surface area contributed by atoms with Gasteiger partial charge in [0.1, 0.15) is 11.2 Å². The van der Waals surface area contributed by atoms with Gasteiger partial charge in [-0.15, -0.1) is 5.10 Å². The van der Waals surface area contributed by atoms with E-state index in [1.54, 1.807) is 18.6 Å². The number of nitrogens with zero attached hydrogens (tertiary/aromatic N) is 4. The molecular formula is C15H15F3N6O2S. The molecule has 0 amide bonds. The van der Waals surface area contributed by atoms with Gasteiger partial charge in [-0.3, -0.25) is 0 Å². The van der Waals surface area contributed by atoms with E-state index in [9.17, 15) is 21.6 Å². The first-order chi connectivity index (χ1) is 12.7. The number of H-pyrrole nitrogens is 1. The van der Waals surface area contributed by atoms with Gasteiger partial charge in [-0.1, -0.05) is 0 Å². The molecule has 1 fully saturated rings. The largest absolute Gasteiger partial charge is 0.404 e. The van der Waals surface area contributed by atoms with Crippen LogP contribution >= 0.6 is 0 Å². The molecule has 0 aliphatic carbocycles. The van der Waals surface area contributed by atoms with E-state index in [-0.39, 0.29) is 6.54 Å². The number of alkyl halides is 3. The van der Waals surface area contributed by atoms with Gasteiger partial charge >= 0.3 is 6.18 Å². The predicted molar refractivity (Wildman–Crippen MR) is 92.8 cm³/mol. The molecule has 3 aromatic rings. The van der Waals surface area contributed by atoms with Crippen LogP contribution in [0.5, 0.6) is 0 Å². The molecule has 0 aromatic carbocycles. The van der Waals surface area contributed by atoms with E-state index >= 15 is 0 Å². The van der Waals surface area contributed by atoms with Crippen LogP contribution in [0.25, 0.3) is 21.9 Å². The Labute approximate surface area is 151 Å². The summed E-state index contributed by atoms with van der Waals surface area (Å²) in [5.41, 5.74) is 2.00. The molecule has 2 N–H and O–H groups in total. The molecular weight excluding hydrogens is 385 g/mol. The first-order valence-corrected chi connectivity index (χ1v) is 9.76. The maximum absolute atomic E-state index is 12.4. The summed E-state index contributed by atoms with van der Waals surface area (Å²) in [6, 6.07) is 1.25. The molecule has 27 heavy (non-hydrogen) atoms. The zero-order valence-electron chi connectivity index (χ0n) is 13.9. The molecule has 1 aliphatic heterocycles. The van der Waals surface area contributed by atoms with Gasteiger partial charge in [0.25, 0.3) is 0 Å². The minimum atomic E-state index is -4.78. The second kappa shape index (κ2) is 6.30. The van der Waals surface area contributed by atoms with E-state index in [1.807, 2.05) is 11.0 Å². The summed E-state index contributed by atoms with van der Waals surface area (Å²) in [4.78, 5) is 9.17. The quantitative estimate of drug-likeness (QED) is 0.689. The Morgan fingerprint density at radius 2 is 2.15 bits per heavy atom. The van der Waals surface area contributed by atoms with E-state index in [0.29, 0.717) is 24.1 Å². The average Bonchev–Trinajstić information content (AvgIpc) is 3.20. The summed E-state index contributed by atoms with van der Waals surface area (Å²) in [5, 5.41) is 9.70. The number of rotatable bonds is 4. The van der Waals surface area contributed by atoms with E-state index < -0.39 is 28.0 Å². The third-order valence-electron chi connectivity index (χ3n) is 4.40. The molecule has 0 spiro atoms. The summed E-state index contributed by atoms with van der Waals surface area (Å²) in [7, 11) is -4.44. The normalized spacial score (nSPS) is 18.6. The molecule has 3 aromatic heterocycles. The van der Waals surface area contributed by atoms with Crippen LogP contribution in [0.4, 0.5) is 18.9 Å². The van der Waals surface area contributed by atoms with Crippen LogP contribution in [-0.4, -0.2) is 59.6 Å². The van der Waals surface area contributed by atoms with E-state index in [0.717, 1.165) is 16.5 Å². The number of fused-ring (bicyclic) bond motifs is 3. The maximum Gasteiger partial charge on any atom is 0.404 e. The van der Waals surface area contributed by atoms with Gasteiger partial charge in [-0.25, -0.2) is 18.1 Å². The van der Waals surface area contributed by atoms with E-state index in [2.05, 4.69) is 24.9 Å². The fraction of sp³-hybridized carbons (Fsp3) is 0.400. The molecule has 1 unspecified atom stereocenters. The minimum absolute atomic E-state index is 0.242. The Morgan fingerprint density at radius 1 is 1.33 bits per heavy atom. The third-order valence-corrected chi connectivity index (χ3v) is 5.80. The highest BCUT2D eigenvalue weighted by atomic mass is 32.2. The highest BCUT2D eigenvalue weighted by molar-refractivity contribution is 7.89. The summed E-state index contributed by atoms with van der Waals surface area (Å²) in [6.45, 7) is 0.723. The second-order valence-electron chi connectivity index (χ2n) is 6.41. The number of halogens is 3. The summed E-state index contributed by atoms with van der Waals surface area (Å²) < 4.78 is 62.8. The fourth-order valence-electron chi connectivity index (χ4n) is 3.38. The van der Waals surface area contributed by atoms with Gasteiger partial charge in [-0.05, 0) is 12.5 Å². The smallest absolute Gasteiger partial charge is 0.368 e. The number of hydrogen-bond acceptors (Lipinski definition) is 6. The van der Waals surface area contributed by atoms with Crippen LogP contribution in [0.15, 0.2) is 24.7 Å². The van der Waals surface area contributed by atoms with Crippen molar-refractivity contribution in [1.82, 2.24) is 24.9 Å². The van der Waals surface area contributed by atoms with Crippen molar-refractivity contribution in [3.05, 3.63) is 24.7 Å². The average molecular weight is 400 g/mol.